The van der Waals surface area contributed by atoms with E-state index in [4.69, 9.17) is 9.47 Å². The normalized spacial score (nSPS) is 15.6. The van der Waals surface area contributed by atoms with Gasteiger partial charge in [0.15, 0.2) is 17.0 Å². The van der Waals surface area contributed by atoms with Gasteiger partial charge in [-0.25, -0.2) is 13.0 Å². The van der Waals surface area contributed by atoms with Gasteiger partial charge < -0.3 is 14.8 Å². The summed E-state index contributed by atoms with van der Waals surface area (Å²) in [6, 6.07) is 10.2. The molecule has 2 aromatic carbocycles. The number of nitrogens with zero attached hydrogens (tertiary/aromatic N) is 3. The molecular formula is C21H24N4O6S. The van der Waals surface area contributed by atoms with Crippen LogP contribution in [0.15, 0.2) is 45.9 Å². The van der Waals surface area contributed by atoms with Crippen LogP contribution in [-0.2, 0) is 21.4 Å². The third kappa shape index (κ3) is 4.26. The fraction of sp³-hybridized carbons (Fsp3) is 0.381. The molecule has 0 unspecified atom stereocenters. The smallest absolute Gasteiger partial charge is 0.245 e. The largest absolute Gasteiger partial charge is 0.493 e. The molecule has 0 saturated carbocycles. The van der Waals surface area contributed by atoms with Crippen molar-refractivity contribution in [2.45, 2.75) is 24.3 Å². The van der Waals surface area contributed by atoms with Crippen LogP contribution in [0.3, 0.4) is 0 Å². The molecule has 0 bridgehead atoms. The Morgan fingerprint density at radius 3 is 2.59 bits per heavy atom. The number of amides is 1. The van der Waals surface area contributed by atoms with E-state index in [2.05, 4.69) is 20.3 Å². The zero-order chi connectivity index (χ0) is 22.7. The number of hydrogen-bond acceptors (Lipinski definition) is 8. The molecule has 1 N–H and O–H groups in total. The lowest BCUT2D eigenvalue weighted by Crippen LogP contribution is -2.42. The Labute approximate surface area is 185 Å². The fourth-order valence-corrected chi connectivity index (χ4v) is 5.42. The maximum Gasteiger partial charge on any atom is 0.245 e. The highest BCUT2D eigenvalue weighted by molar-refractivity contribution is 7.89. The van der Waals surface area contributed by atoms with Crippen LogP contribution in [0.1, 0.15) is 18.4 Å². The molecule has 1 aromatic heterocycles. The van der Waals surface area contributed by atoms with E-state index in [0.717, 1.165) is 5.56 Å². The first-order valence-corrected chi connectivity index (χ1v) is 11.6. The van der Waals surface area contributed by atoms with E-state index >= 15 is 0 Å². The minimum atomic E-state index is -3.76. The number of fused-ring (bicyclic) bond motifs is 1. The molecule has 1 aliphatic heterocycles. The van der Waals surface area contributed by atoms with Gasteiger partial charge >= 0.3 is 0 Å². The molecule has 1 amide bonds. The zero-order valence-electron chi connectivity index (χ0n) is 17.8. The van der Waals surface area contributed by atoms with E-state index in [1.165, 1.54) is 10.4 Å². The van der Waals surface area contributed by atoms with E-state index in [1.54, 1.807) is 32.4 Å². The maximum absolute atomic E-state index is 13.1. The molecule has 0 aliphatic carbocycles. The minimum absolute atomic E-state index is 0.0626. The predicted octanol–water partition coefficient (Wildman–Crippen LogP) is 1.96. The molecule has 11 heteroatoms. The van der Waals surface area contributed by atoms with Gasteiger partial charge in [-0.1, -0.05) is 12.1 Å². The monoisotopic (exact) mass is 460 g/mol. The molecule has 2 heterocycles. The first-order valence-electron chi connectivity index (χ1n) is 10.1. The van der Waals surface area contributed by atoms with Gasteiger partial charge in [0.05, 0.1) is 14.2 Å². The number of ether oxygens (including phenoxy) is 2. The van der Waals surface area contributed by atoms with Gasteiger partial charge in [0, 0.05) is 25.6 Å². The molecule has 1 fully saturated rings. The van der Waals surface area contributed by atoms with Crippen LogP contribution in [0.5, 0.6) is 11.5 Å². The van der Waals surface area contributed by atoms with Crippen LogP contribution < -0.4 is 14.8 Å². The number of nitrogens with one attached hydrogen (secondary N) is 1. The first kappa shape index (κ1) is 22.0. The Morgan fingerprint density at radius 2 is 1.88 bits per heavy atom. The fourth-order valence-electron chi connectivity index (χ4n) is 3.81. The summed E-state index contributed by atoms with van der Waals surface area (Å²) in [4.78, 5) is 12.7. The molecule has 10 nitrogen and oxygen atoms in total. The van der Waals surface area contributed by atoms with Crippen molar-refractivity contribution in [1.82, 2.24) is 19.9 Å². The maximum atomic E-state index is 13.1. The van der Waals surface area contributed by atoms with Crippen LogP contribution in [0, 0.1) is 5.92 Å². The number of methoxy groups -OCH3 is 2. The van der Waals surface area contributed by atoms with Gasteiger partial charge in [0.1, 0.15) is 10.4 Å². The molecule has 3 aromatic rings. The predicted molar refractivity (Wildman–Crippen MR) is 115 cm³/mol. The van der Waals surface area contributed by atoms with Crippen molar-refractivity contribution in [1.29, 1.82) is 0 Å². The average Bonchev–Trinajstić information content (AvgIpc) is 3.31. The SMILES string of the molecule is COc1ccc(CNC(=O)C2CCN(S(=O)(=O)c3cccc4nonc34)CC2)cc1OC. The Hall–Kier alpha value is -3.18. The quantitative estimate of drug-likeness (QED) is 0.567. The number of hydrogen-bond donors (Lipinski definition) is 1. The molecule has 1 saturated heterocycles. The number of carbonyl (C=O) groups is 1. The van der Waals surface area contributed by atoms with Gasteiger partial charge in [-0.2, -0.15) is 4.31 Å². The number of aromatic nitrogens is 2. The van der Waals surface area contributed by atoms with E-state index in [0.29, 0.717) is 36.4 Å². The molecule has 0 spiro atoms. The zero-order valence-corrected chi connectivity index (χ0v) is 18.6. The van der Waals surface area contributed by atoms with Crippen LogP contribution in [0.25, 0.3) is 11.0 Å². The van der Waals surface area contributed by atoms with Crippen molar-refractivity contribution in [2.24, 2.45) is 5.92 Å². The van der Waals surface area contributed by atoms with Crippen molar-refractivity contribution in [3.8, 4) is 11.5 Å². The average molecular weight is 461 g/mol. The van der Waals surface area contributed by atoms with E-state index in [-0.39, 0.29) is 35.3 Å². The lowest BCUT2D eigenvalue weighted by Gasteiger charge is -2.30. The standard InChI is InChI=1S/C21H24N4O6S/c1-29-17-7-6-14(12-18(17)30-2)13-22-21(26)15-8-10-25(11-9-15)32(27,28)19-5-3-4-16-20(19)24-31-23-16/h3-7,12,15H,8-11,13H2,1-2H3,(H,22,26). The third-order valence-electron chi connectivity index (χ3n) is 5.61. The topological polar surface area (TPSA) is 124 Å². The van der Waals surface area contributed by atoms with Crippen molar-refractivity contribution >= 4 is 27.0 Å². The summed E-state index contributed by atoms with van der Waals surface area (Å²) < 4.78 is 42.8. The summed E-state index contributed by atoms with van der Waals surface area (Å²) in [5.41, 5.74) is 1.48. The summed E-state index contributed by atoms with van der Waals surface area (Å²) in [6.07, 6.45) is 0.869. The number of benzene rings is 2. The summed E-state index contributed by atoms with van der Waals surface area (Å²) >= 11 is 0. The van der Waals surface area contributed by atoms with Gasteiger partial charge in [-0.05, 0) is 53.0 Å². The van der Waals surface area contributed by atoms with E-state index in [1.807, 2.05) is 12.1 Å². The van der Waals surface area contributed by atoms with Crippen LogP contribution in [0.4, 0.5) is 0 Å². The lowest BCUT2D eigenvalue weighted by molar-refractivity contribution is -0.126. The summed E-state index contributed by atoms with van der Waals surface area (Å²) in [5, 5.41) is 10.4. The van der Waals surface area contributed by atoms with Crippen molar-refractivity contribution < 1.29 is 27.3 Å². The summed E-state index contributed by atoms with van der Waals surface area (Å²) in [7, 11) is -0.642. The molecule has 170 valence electrons. The highest BCUT2D eigenvalue weighted by Crippen LogP contribution is 2.29. The third-order valence-corrected chi connectivity index (χ3v) is 7.54. The first-order chi connectivity index (χ1) is 15.4. The molecule has 1 aliphatic rings. The Bertz CT molecular complexity index is 1220. The van der Waals surface area contributed by atoms with E-state index < -0.39 is 10.0 Å². The highest BCUT2D eigenvalue weighted by Gasteiger charge is 2.33. The van der Waals surface area contributed by atoms with Crippen LogP contribution in [0.2, 0.25) is 0 Å². The van der Waals surface area contributed by atoms with Crippen LogP contribution >= 0.6 is 0 Å². The Morgan fingerprint density at radius 1 is 1.12 bits per heavy atom. The second-order valence-corrected chi connectivity index (χ2v) is 9.38. The molecule has 32 heavy (non-hydrogen) atoms. The highest BCUT2D eigenvalue weighted by atomic mass is 32.2. The van der Waals surface area contributed by atoms with Gasteiger partial charge in [-0.15, -0.1) is 0 Å². The minimum Gasteiger partial charge on any atom is -0.493 e. The van der Waals surface area contributed by atoms with Gasteiger partial charge in [-0.3, -0.25) is 4.79 Å². The summed E-state index contributed by atoms with van der Waals surface area (Å²) in [6.45, 7) is 0.843. The van der Waals surface area contributed by atoms with Crippen molar-refractivity contribution in [3.63, 3.8) is 0 Å². The molecule has 0 atom stereocenters. The van der Waals surface area contributed by atoms with Crippen molar-refractivity contribution in [2.75, 3.05) is 27.3 Å². The van der Waals surface area contributed by atoms with Crippen LogP contribution in [-0.4, -0.2) is 56.3 Å². The number of rotatable bonds is 7. The summed E-state index contributed by atoms with van der Waals surface area (Å²) in [5.74, 6) is 0.856. The number of sulfonamides is 1. The van der Waals surface area contributed by atoms with E-state index in [9.17, 15) is 13.2 Å². The number of piperidine rings is 1. The second-order valence-electron chi connectivity index (χ2n) is 7.47. The molecule has 4 rings (SSSR count). The molecular weight excluding hydrogens is 436 g/mol. The lowest BCUT2D eigenvalue weighted by atomic mass is 9.97. The van der Waals surface area contributed by atoms with Gasteiger partial charge in [0.25, 0.3) is 0 Å². The van der Waals surface area contributed by atoms with Gasteiger partial charge in [0.2, 0.25) is 15.9 Å². The molecule has 0 radical (unpaired) electrons. The Balaban J connectivity index is 1.36. The van der Waals surface area contributed by atoms with Crippen molar-refractivity contribution in [3.05, 3.63) is 42.0 Å². The second kappa shape index (κ2) is 9.13. The Kier molecular flexibility index (Phi) is 6.28. The number of carbonyl (C=O) groups excluding carboxylic acids is 1.